The van der Waals surface area contributed by atoms with Gasteiger partial charge in [0, 0.05) is 6.08 Å². The molecule has 0 saturated carbocycles. The molecule has 0 radical (unpaired) electrons. The van der Waals surface area contributed by atoms with E-state index in [1.165, 1.54) is 0 Å². The number of carboxylic acid groups (broad SMARTS) is 1. The maximum Gasteiger partial charge on any atom is 0.328 e. The van der Waals surface area contributed by atoms with E-state index in [0.717, 1.165) is 29.5 Å². The van der Waals surface area contributed by atoms with Gasteiger partial charge in [0.2, 0.25) is 8.32 Å². The molecular weight excluding hydrogens is 330 g/mol. The molecule has 0 fully saturated rings. The number of carboxylic acids is 1. The Morgan fingerprint density at radius 2 is 1.68 bits per heavy atom. The second-order valence-corrected chi connectivity index (χ2v) is 12.8. The molecule has 138 valence electrons. The summed E-state index contributed by atoms with van der Waals surface area (Å²) in [5.41, 5.74) is 1.90. The highest BCUT2D eigenvalue weighted by Crippen LogP contribution is 2.38. The molecule has 25 heavy (non-hydrogen) atoms. The van der Waals surface area contributed by atoms with E-state index in [0.29, 0.717) is 0 Å². The average Bonchev–Trinajstić information content (AvgIpc) is 2.44. The van der Waals surface area contributed by atoms with E-state index in [4.69, 9.17) is 9.53 Å². The topological polar surface area (TPSA) is 49.8 Å². The van der Waals surface area contributed by atoms with Crippen molar-refractivity contribution in [1.82, 2.24) is 4.90 Å². The van der Waals surface area contributed by atoms with Gasteiger partial charge < -0.3 is 14.4 Å². The summed E-state index contributed by atoms with van der Waals surface area (Å²) in [6, 6.07) is 7.77. The van der Waals surface area contributed by atoms with Gasteiger partial charge in [-0.1, -0.05) is 45.0 Å². The van der Waals surface area contributed by atoms with Crippen LogP contribution in [0.15, 0.2) is 36.1 Å². The lowest BCUT2D eigenvalue weighted by molar-refractivity contribution is -0.131. The van der Waals surface area contributed by atoms with Gasteiger partial charge in [0.05, 0.1) is 12.3 Å². The summed E-state index contributed by atoms with van der Waals surface area (Å²) in [7, 11) is 2.16. The number of aliphatic carboxylic acids is 1. The van der Waals surface area contributed by atoms with E-state index in [1.54, 1.807) is 6.08 Å². The van der Waals surface area contributed by atoms with E-state index >= 15 is 0 Å². The molecule has 0 heterocycles. The van der Waals surface area contributed by atoms with E-state index in [2.05, 4.69) is 44.8 Å². The minimum Gasteiger partial charge on any atom is -0.545 e. The lowest BCUT2D eigenvalue weighted by Gasteiger charge is -2.37. The molecule has 1 aromatic rings. The van der Waals surface area contributed by atoms with E-state index in [-0.39, 0.29) is 5.04 Å². The molecule has 0 aliphatic carbocycles. The lowest BCUT2D eigenvalue weighted by Crippen LogP contribution is -2.41. The predicted molar refractivity (Wildman–Crippen MR) is 108 cm³/mol. The van der Waals surface area contributed by atoms with Crippen LogP contribution in [0.25, 0.3) is 12.2 Å². The van der Waals surface area contributed by atoms with Crippen LogP contribution in [0.1, 0.15) is 31.9 Å². The van der Waals surface area contributed by atoms with Gasteiger partial charge in [-0.2, -0.15) is 0 Å². The number of benzene rings is 1. The van der Waals surface area contributed by atoms with Gasteiger partial charge in [0.15, 0.2) is 0 Å². The minimum atomic E-state index is -1.90. The van der Waals surface area contributed by atoms with Crippen molar-refractivity contribution in [2.45, 2.75) is 38.9 Å². The molecule has 0 bridgehead atoms. The van der Waals surface area contributed by atoms with Crippen LogP contribution in [0.5, 0.6) is 0 Å². The fraction of sp³-hybridized carbons (Fsp3) is 0.450. The van der Waals surface area contributed by atoms with Gasteiger partial charge in [-0.05, 0) is 55.5 Å². The Labute approximate surface area is 152 Å². The molecule has 5 heteroatoms. The van der Waals surface area contributed by atoms with Gasteiger partial charge >= 0.3 is 5.97 Å². The third-order valence-electron chi connectivity index (χ3n) is 4.35. The van der Waals surface area contributed by atoms with Crippen molar-refractivity contribution >= 4 is 26.4 Å². The van der Waals surface area contributed by atoms with E-state index in [9.17, 15) is 4.79 Å². The van der Waals surface area contributed by atoms with Crippen LogP contribution < -0.4 is 0 Å². The first kappa shape index (κ1) is 21.2. The Hall–Kier alpha value is -1.85. The monoisotopic (exact) mass is 361 g/mol. The van der Waals surface area contributed by atoms with Crippen molar-refractivity contribution in [2.24, 2.45) is 0 Å². The molecule has 1 N–H and O–H groups in total. The Bertz CT molecular complexity index is 638. The zero-order chi connectivity index (χ0) is 19.3. The number of hydrogen-bond acceptors (Lipinski definition) is 3. The Morgan fingerprint density at radius 3 is 2.12 bits per heavy atom. The normalized spacial score (nSPS) is 13.5. The quantitative estimate of drug-likeness (QED) is 0.434. The molecule has 0 aliphatic rings. The van der Waals surface area contributed by atoms with Crippen LogP contribution in [0.4, 0.5) is 0 Å². The first-order chi connectivity index (χ1) is 11.4. The highest BCUT2D eigenvalue weighted by atomic mass is 28.4. The third-order valence-corrected chi connectivity index (χ3v) is 8.73. The summed E-state index contributed by atoms with van der Waals surface area (Å²) in [4.78, 5) is 12.7. The molecule has 1 aromatic carbocycles. The predicted octanol–water partition coefficient (Wildman–Crippen LogP) is 4.71. The van der Waals surface area contributed by atoms with Crippen LogP contribution in [-0.4, -0.2) is 44.9 Å². The van der Waals surface area contributed by atoms with Crippen LogP contribution >= 0.6 is 0 Å². The van der Waals surface area contributed by atoms with Crippen LogP contribution in [0.2, 0.25) is 18.1 Å². The summed E-state index contributed by atoms with van der Waals surface area (Å²) in [6.07, 6.45) is 4.80. The second-order valence-electron chi connectivity index (χ2n) is 8.05. The fourth-order valence-corrected chi connectivity index (χ4v) is 3.04. The molecule has 1 rings (SSSR count). The Balaban J connectivity index is 3.04. The average molecular weight is 362 g/mol. The molecular formula is C20H31NO3Si. The number of rotatable bonds is 7. The van der Waals surface area contributed by atoms with Crippen molar-refractivity contribution in [3.05, 3.63) is 47.2 Å². The number of likely N-dealkylation sites (N-methyl/N-ethyl adjacent to an activating group) is 1. The fourth-order valence-electron chi connectivity index (χ4n) is 1.96. The summed E-state index contributed by atoms with van der Waals surface area (Å²) >= 11 is 0. The maximum atomic E-state index is 10.6. The molecule has 0 aliphatic heterocycles. The van der Waals surface area contributed by atoms with Crippen LogP contribution in [0, 0.1) is 0 Å². The highest BCUT2D eigenvalue weighted by Gasteiger charge is 2.39. The SMILES string of the molecule is CN(C)CC(=Cc1ccc(C=CC(=O)O)cc1)O[Si](C)(C)C(C)(C)C. The standard InChI is InChI=1S/C20H31NO3Si/c1-20(2,3)25(6,7)24-18(15-21(4)5)14-17-10-8-16(9-11-17)12-13-19(22)23/h8-14H,15H2,1-7H3,(H,22,23). The zero-order valence-electron chi connectivity index (χ0n) is 16.5. The molecule has 0 unspecified atom stereocenters. The largest absolute Gasteiger partial charge is 0.545 e. The van der Waals surface area contributed by atoms with Gasteiger partial charge in [0.1, 0.15) is 0 Å². The smallest absolute Gasteiger partial charge is 0.328 e. The molecule has 0 spiro atoms. The zero-order valence-corrected chi connectivity index (χ0v) is 17.5. The maximum absolute atomic E-state index is 10.6. The molecule has 0 atom stereocenters. The first-order valence-corrected chi connectivity index (χ1v) is 11.4. The van der Waals surface area contributed by atoms with Crippen molar-refractivity contribution < 1.29 is 14.3 Å². The highest BCUT2D eigenvalue weighted by molar-refractivity contribution is 6.74. The van der Waals surface area contributed by atoms with Gasteiger partial charge in [-0.15, -0.1) is 0 Å². The minimum absolute atomic E-state index is 0.143. The molecule has 0 saturated heterocycles. The lowest BCUT2D eigenvalue weighted by atomic mass is 10.1. The number of carbonyl (C=O) groups is 1. The van der Waals surface area contributed by atoms with E-state index < -0.39 is 14.3 Å². The van der Waals surface area contributed by atoms with Crippen molar-refractivity contribution in [3.63, 3.8) is 0 Å². The van der Waals surface area contributed by atoms with Crippen molar-refractivity contribution in [1.29, 1.82) is 0 Å². The Morgan fingerprint density at radius 1 is 1.16 bits per heavy atom. The number of nitrogens with zero attached hydrogens (tertiary/aromatic N) is 1. The van der Waals surface area contributed by atoms with Gasteiger partial charge in [-0.25, -0.2) is 4.79 Å². The Kier molecular flexibility index (Phi) is 7.20. The summed E-state index contributed by atoms with van der Waals surface area (Å²) in [5.74, 6) is 0.0189. The van der Waals surface area contributed by atoms with Crippen LogP contribution in [-0.2, 0) is 9.22 Å². The first-order valence-electron chi connectivity index (χ1n) is 8.46. The molecule has 4 nitrogen and oxygen atoms in total. The van der Waals surface area contributed by atoms with Crippen LogP contribution in [0.3, 0.4) is 0 Å². The van der Waals surface area contributed by atoms with E-state index in [1.807, 2.05) is 38.4 Å². The van der Waals surface area contributed by atoms with Crippen molar-refractivity contribution in [3.8, 4) is 0 Å². The summed E-state index contributed by atoms with van der Waals surface area (Å²) in [5, 5.41) is 8.84. The van der Waals surface area contributed by atoms with Crippen molar-refractivity contribution in [2.75, 3.05) is 20.6 Å². The second kappa shape index (κ2) is 8.49. The number of hydrogen-bond donors (Lipinski definition) is 1. The summed E-state index contributed by atoms with van der Waals surface area (Å²) in [6.45, 7) is 11.9. The molecule has 0 aromatic heterocycles. The third kappa shape index (κ3) is 7.28. The van der Waals surface area contributed by atoms with Gasteiger partial charge in [-0.3, -0.25) is 0 Å². The van der Waals surface area contributed by atoms with Gasteiger partial charge in [0.25, 0.3) is 0 Å². The molecule has 0 amide bonds. The summed E-state index contributed by atoms with van der Waals surface area (Å²) < 4.78 is 6.49.